The van der Waals surface area contributed by atoms with E-state index in [1.165, 1.54) is 0 Å². The molecule has 0 aliphatic rings. The van der Waals surface area contributed by atoms with Crippen LogP contribution in [-0.2, 0) is 12.1 Å². The van der Waals surface area contributed by atoms with Crippen molar-refractivity contribution in [3.8, 4) is 0 Å². The minimum absolute atomic E-state index is 0.160. The van der Waals surface area contributed by atoms with Gasteiger partial charge in [-0.15, -0.1) is 0 Å². The summed E-state index contributed by atoms with van der Waals surface area (Å²) in [5.74, 6) is 0.360. The lowest BCUT2D eigenvalue weighted by Crippen LogP contribution is -2.22. The maximum atomic E-state index is 12.5. The van der Waals surface area contributed by atoms with Gasteiger partial charge < -0.3 is 4.57 Å². The van der Waals surface area contributed by atoms with Crippen LogP contribution in [0.25, 0.3) is 11.0 Å². The first kappa shape index (κ1) is 16.2. The van der Waals surface area contributed by atoms with Crippen molar-refractivity contribution in [2.75, 3.05) is 5.32 Å². The van der Waals surface area contributed by atoms with Crippen molar-refractivity contribution < 1.29 is 4.79 Å². The second-order valence-electron chi connectivity index (χ2n) is 6.97. The Bertz CT molecular complexity index is 898. The Morgan fingerprint density at radius 2 is 2.04 bits per heavy atom. The summed E-state index contributed by atoms with van der Waals surface area (Å²) in [7, 11) is 0. The molecule has 1 aromatic carbocycles. The fourth-order valence-electron chi connectivity index (χ4n) is 2.64. The third-order valence-electron chi connectivity index (χ3n) is 3.98. The van der Waals surface area contributed by atoms with Gasteiger partial charge in [0.25, 0.3) is 5.91 Å². The molecule has 2 heterocycles. The molecule has 126 valence electrons. The van der Waals surface area contributed by atoms with E-state index in [2.05, 4.69) is 21.5 Å². The molecule has 0 radical (unpaired) electrons. The molecule has 0 atom stereocenters. The number of aryl methyl sites for hydroxylation is 2. The standard InChI is InChI=1S/C18H23N5O/c1-6-22-15-8-7-12(2)9-14(15)20-17(22)21-16(24)13-10-19-23(11-13)18(3,4)5/h7-11H,6H2,1-5H3,(H,20,21,24). The summed E-state index contributed by atoms with van der Waals surface area (Å²) in [6.07, 6.45) is 3.35. The molecule has 0 aliphatic carbocycles. The Balaban J connectivity index is 1.91. The second kappa shape index (κ2) is 5.78. The highest BCUT2D eigenvalue weighted by atomic mass is 16.1. The number of anilines is 1. The van der Waals surface area contributed by atoms with Gasteiger partial charge in [0.1, 0.15) is 0 Å². The lowest BCUT2D eigenvalue weighted by Gasteiger charge is -2.18. The number of rotatable bonds is 3. The number of hydrogen-bond donors (Lipinski definition) is 1. The predicted octanol–water partition coefficient (Wildman–Crippen LogP) is 3.57. The highest BCUT2D eigenvalue weighted by molar-refractivity contribution is 6.03. The van der Waals surface area contributed by atoms with Gasteiger partial charge in [-0.1, -0.05) is 6.07 Å². The normalized spacial score (nSPS) is 11.9. The third-order valence-corrected chi connectivity index (χ3v) is 3.98. The molecule has 0 saturated carbocycles. The fourth-order valence-corrected chi connectivity index (χ4v) is 2.64. The fraction of sp³-hybridized carbons (Fsp3) is 0.389. The zero-order valence-electron chi connectivity index (χ0n) is 14.8. The topological polar surface area (TPSA) is 64.7 Å². The monoisotopic (exact) mass is 325 g/mol. The quantitative estimate of drug-likeness (QED) is 0.800. The molecule has 0 saturated heterocycles. The predicted molar refractivity (Wildman–Crippen MR) is 95.3 cm³/mol. The molecule has 0 aliphatic heterocycles. The van der Waals surface area contributed by atoms with Crippen LogP contribution in [0.4, 0.5) is 5.95 Å². The summed E-state index contributed by atoms with van der Waals surface area (Å²) in [5.41, 5.74) is 3.41. The molecule has 6 nitrogen and oxygen atoms in total. The van der Waals surface area contributed by atoms with E-state index in [9.17, 15) is 4.79 Å². The number of benzene rings is 1. The zero-order valence-corrected chi connectivity index (χ0v) is 14.8. The van der Waals surface area contributed by atoms with Crippen LogP contribution in [0.1, 0.15) is 43.6 Å². The summed E-state index contributed by atoms with van der Waals surface area (Å²) in [4.78, 5) is 17.1. The summed E-state index contributed by atoms with van der Waals surface area (Å²) >= 11 is 0. The van der Waals surface area contributed by atoms with E-state index >= 15 is 0 Å². The molecule has 24 heavy (non-hydrogen) atoms. The highest BCUT2D eigenvalue weighted by Gasteiger charge is 2.18. The van der Waals surface area contributed by atoms with Crippen LogP contribution in [0.3, 0.4) is 0 Å². The number of aromatic nitrogens is 4. The highest BCUT2D eigenvalue weighted by Crippen LogP contribution is 2.21. The van der Waals surface area contributed by atoms with Gasteiger partial charge in [0, 0.05) is 12.7 Å². The van der Waals surface area contributed by atoms with E-state index in [0.717, 1.165) is 23.1 Å². The van der Waals surface area contributed by atoms with Gasteiger partial charge in [0.05, 0.1) is 28.3 Å². The largest absolute Gasteiger partial charge is 0.310 e. The maximum Gasteiger partial charge on any atom is 0.261 e. The van der Waals surface area contributed by atoms with Gasteiger partial charge in [0.2, 0.25) is 5.95 Å². The van der Waals surface area contributed by atoms with Crippen LogP contribution in [0.2, 0.25) is 0 Å². The van der Waals surface area contributed by atoms with Gasteiger partial charge in [-0.2, -0.15) is 5.10 Å². The molecule has 1 N–H and O–H groups in total. The number of carbonyl (C=O) groups excluding carboxylic acids is 1. The van der Waals surface area contributed by atoms with Crippen LogP contribution in [0, 0.1) is 6.92 Å². The molecule has 0 unspecified atom stereocenters. The number of amides is 1. The number of hydrogen-bond acceptors (Lipinski definition) is 3. The van der Waals surface area contributed by atoms with E-state index in [1.54, 1.807) is 17.1 Å². The van der Waals surface area contributed by atoms with E-state index in [4.69, 9.17) is 0 Å². The van der Waals surface area contributed by atoms with E-state index in [0.29, 0.717) is 11.5 Å². The van der Waals surface area contributed by atoms with E-state index in [1.807, 2.05) is 51.3 Å². The van der Waals surface area contributed by atoms with Crippen molar-refractivity contribution in [2.24, 2.45) is 0 Å². The van der Waals surface area contributed by atoms with Crippen molar-refractivity contribution in [3.63, 3.8) is 0 Å². The number of nitrogens with one attached hydrogen (secondary N) is 1. The molecular formula is C18H23N5O. The van der Waals surface area contributed by atoms with Crippen LogP contribution >= 0.6 is 0 Å². The summed E-state index contributed by atoms with van der Waals surface area (Å²) in [5, 5.41) is 7.19. The van der Waals surface area contributed by atoms with Crippen molar-refractivity contribution in [1.29, 1.82) is 0 Å². The minimum atomic E-state index is -0.202. The molecule has 2 aromatic heterocycles. The van der Waals surface area contributed by atoms with Crippen molar-refractivity contribution in [3.05, 3.63) is 41.7 Å². The van der Waals surface area contributed by atoms with Gasteiger partial charge in [-0.25, -0.2) is 4.98 Å². The molecular weight excluding hydrogens is 302 g/mol. The van der Waals surface area contributed by atoms with Crippen molar-refractivity contribution >= 4 is 22.9 Å². The lowest BCUT2D eigenvalue weighted by atomic mass is 10.1. The maximum absolute atomic E-state index is 12.5. The van der Waals surface area contributed by atoms with Crippen LogP contribution in [0.15, 0.2) is 30.6 Å². The summed E-state index contributed by atoms with van der Waals surface area (Å²) in [6.45, 7) is 10.9. The van der Waals surface area contributed by atoms with Crippen molar-refractivity contribution in [1.82, 2.24) is 19.3 Å². The third kappa shape index (κ3) is 2.91. The first-order chi connectivity index (χ1) is 11.3. The minimum Gasteiger partial charge on any atom is -0.310 e. The molecule has 3 rings (SSSR count). The number of imidazole rings is 1. The average molecular weight is 325 g/mol. The number of carbonyl (C=O) groups is 1. The van der Waals surface area contributed by atoms with E-state index in [-0.39, 0.29) is 11.4 Å². The molecule has 1 amide bonds. The van der Waals surface area contributed by atoms with Crippen LogP contribution in [-0.4, -0.2) is 25.2 Å². The van der Waals surface area contributed by atoms with Gasteiger partial charge in [0.15, 0.2) is 0 Å². The Kier molecular flexibility index (Phi) is 3.91. The van der Waals surface area contributed by atoms with Gasteiger partial charge in [-0.05, 0) is 52.3 Å². The second-order valence-corrected chi connectivity index (χ2v) is 6.97. The Hall–Kier alpha value is -2.63. The number of nitrogens with zero attached hydrogens (tertiary/aromatic N) is 4. The van der Waals surface area contributed by atoms with Crippen molar-refractivity contribution in [2.45, 2.75) is 46.7 Å². The van der Waals surface area contributed by atoms with Crippen LogP contribution in [0.5, 0.6) is 0 Å². The Labute approximate surface area is 141 Å². The summed E-state index contributed by atoms with van der Waals surface area (Å²) in [6, 6.07) is 6.11. The number of fused-ring (bicyclic) bond motifs is 1. The average Bonchev–Trinajstić information content (AvgIpc) is 3.10. The molecule has 3 aromatic rings. The molecule has 0 fully saturated rings. The molecule has 6 heteroatoms. The Morgan fingerprint density at radius 3 is 2.67 bits per heavy atom. The van der Waals surface area contributed by atoms with Gasteiger partial charge >= 0.3 is 0 Å². The first-order valence-electron chi connectivity index (χ1n) is 8.13. The molecule has 0 spiro atoms. The van der Waals surface area contributed by atoms with E-state index < -0.39 is 0 Å². The SMILES string of the molecule is CCn1c(NC(=O)c2cnn(C(C)(C)C)c2)nc2cc(C)ccc21. The lowest BCUT2D eigenvalue weighted by molar-refractivity contribution is 0.102. The smallest absolute Gasteiger partial charge is 0.261 e. The summed E-state index contributed by atoms with van der Waals surface area (Å²) < 4.78 is 3.79. The van der Waals surface area contributed by atoms with Gasteiger partial charge in [-0.3, -0.25) is 14.8 Å². The first-order valence-corrected chi connectivity index (χ1v) is 8.13. The van der Waals surface area contributed by atoms with Crippen LogP contribution < -0.4 is 5.32 Å². The Morgan fingerprint density at radius 1 is 1.29 bits per heavy atom. The zero-order chi connectivity index (χ0) is 17.5. The molecule has 0 bridgehead atoms.